The number of carboxylic acids is 1. The van der Waals surface area contributed by atoms with E-state index >= 15 is 0 Å². The molecule has 0 saturated heterocycles. The second-order valence-electron chi connectivity index (χ2n) is 3.99. The lowest BCUT2D eigenvalue weighted by atomic mass is 10.1. The molecule has 8 heteroatoms. The number of rotatable bonds is 5. The van der Waals surface area contributed by atoms with Gasteiger partial charge in [-0.3, -0.25) is 0 Å². The van der Waals surface area contributed by atoms with Crippen molar-refractivity contribution in [1.82, 2.24) is 5.32 Å². The van der Waals surface area contributed by atoms with Crippen molar-refractivity contribution in [2.24, 2.45) is 0 Å². The van der Waals surface area contributed by atoms with Crippen LogP contribution in [0.5, 0.6) is 0 Å². The number of aliphatic hydroxyl groups excluding tert-OH is 1. The largest absolute Gasteiger partial charge is 0.480 e. The van der Waals surface area contributed by atoms with Crippen molar-refractivity contribution in [1.29, 1.82) is 10.5 Å². The number of carbonyl (C=O) groups excluding carboxylic acids is 1. The first kappa shape index (κ1) is 16.0. The average molecular weight is 288 g/mol. The molecule has 8 nitrogen and oxygen atoms in total. The first-order valence-electron chi connectivity index (χ1n) is 5.87. The van der Waals surface area contributed by atoms with Gasteiger partial charge in [-0.15, -0.1) is 0 Å². The fourth-order valence-electron chi connectivity index (χ4n) is 1.52. The second-order valence-corrected chi connectivity index (χ2v) is 3.99. The Kier molecular flexibility index (Phi) is 5.68. The SMILES string of the molecule is N#Cc1ccc(NC(=O)N[C@@H](CCO)C(=O)O)cc1C#N. The number of hydrogen-bond donors (Lipinski definition) is 4. The Hall–Kier alpha value is -3.10. The zero-order valence-corrected chi connectivity index (χ0v) is 10.8. The number of anilines is 1. The van der Waals surface area contributed by atoms with Gasteiger partial charge in [0.1, 0.15) is 18.2 Å². The smallest absolute Gasteiger partial charge is 0.326 e. The molecule has 1 aromatic carbocycles. The molecule has 0 aliphatic rings. The highest BCUT2D eigenvalue weighted by atomic mass is 16.4. The molecule has 0 unspecified atom stereocenters. The van der Waals surface area contributed by atoms with E-state index in [4.69, 9.17) is 20.7 Å². The number of carbonyl (C=O) groups is 2. The first-order valence-corrected chi connectivity index (χ1v) is 5.87. The Bertz CT molecular complexity index is 630. The van der Waals surface area contributed by atoms with Gasteiger partial charge in [0.2, 0.25) is 0 Å². The van der Waals surface area contributed by atoms with Crippen LogP contribution in [-0.2, 0) is 4.79 Å². The quantitative estimate of drug-likeness (QED) is 0.616. The summed E-state index contributed by atoms with van der Waals surface area (Å²) in [5.74, 6) is -1.27. The zero-order valence-electron chi connectivity index (χ0n) is 10.8. The average Bonchev–Trinajstić information content (AvgIpc) is 2.46. The highest BCUT2D eigenvalue weighted by Gasteiger charge is 2.19. The number of nitrogens with zero attached hydrogens (tertiary/aromatic N) is 2. The van der Waals surface area contributed by atoms with Crippen molar-refractivity contribution in [3.63, 3.8) is 0 Å². The third-order valence-corrected chi connectivity index (χ3v) is 2.54. The third kappa shape index (κ3) is 4.49. The van der Waals surface area contributed by atoms with E-state index in [1.54, 1.807) is 0 Å². The topological polar surface area (TPSA) is 146 Å². The molecule has 0 spiro atoms. The molecule has 0 heterocycles. The van der Waals surface area contributed by atoms with Gasteiger partial charge < -0.3 is 20.8 Å². The van der Waals surface area contributed by atoms with E-state index in [9.17, 15) is 9.59 Å². The highest BCUT2D eigenvalue weighted by molar-refractivity contribution is 5.92. The molecule has 0 aromatic heterocycles. The first-order chi connectivity index (χ1) is 10.0. The summed E-state index contributed by atoms with van der Waals surface area (Å²) >= 11 is 0. The van der Waals surface area contributed by atoms with Crippen LogP contribution in [0, 0.1) is 22.7 Å². The van der Waals surface area contributed by atoms with E-state index in [-0.39, 0.29) is 29.8 Å². The third-order valence-electron chi connectivity index (χ3n) is 2.54. The molecule has 0 saturated carbocycles. The minimum Gasteiger partial charge on any atom is -0.480 e. The van der Waals surface area contributed by atoms with Crippen molar-refractivity contribution in [3.8, 4) is 12.1 Å². The normalized spacial score (nSPS) is 10.8. The Morgan fingerprint density at radius 3 is 2.43 bits per heavy atom. The summed E-state index contributed by atoms with van der Waals surface area (Å²) in [6, 6.07) is 5.74. The second kappa shape index (κ2) is 7.48. The standard InChI is InChI=1S/C13H12N4O4/c14-6-8-1-2-10(5-9(8)7-15)16-13(21)17-11(3-4-18)12(19)20/h1-2,5,11,18H,3-4H2,(H,19,20)(H2,16,17,21)/t11-/m0/s1. The maximum absolute atomic E-state index is 11.6. The number of carboxylic acid groups (broad SMARTS) is 1. The maximum atomic E-state index is 11.6. The van der Waals surface area contributed by atoms with Crippen LogP contribution in [0.15, 0.2) is 18.2 Å². The number of aliphatic hydroxyl groups is 1. The predicted octanol–water partition coefficient (Wildman–Crippen LogP) is 0.387. The van der Waals surface area contributed by atoms with Crippen molar-refractivity contribution in [3.05, 3.63) is 29.3 Å². The van der Waals surface area contributed by atoms with E-state index in [1.807, 2.05) is 12.1 Å². The van der Waals surface area contributed by atoms with Crippen LogP contribution < -0.4 is 10.6 Å². The van der Waals surface area contributed by atoms with E-state index in [2.05, 4.69) is 10.6 Å². The number of hydrogen-bond acceptors (Lipinski definition) is 5. The van der Waals surface area contributed by atoms with Gasteiger partial charge in [0.05, 0.1) is 11.1 Å². The Labute approximate surface area is 120 Å². The monoisotopic (exact) mass is 288 g/mol. The lowest BCUT2D eigenvalue weighted by molar-refractivity contribution is -0.139. The van der Waals surface area contributed by atoms with Gasteiger partial charge in [-0.2, -0.15) is 10.5 Å². The summed E-state index contributed by atoms with van der Waals surface area (Å²) in [6.45, 7) is -0.382. The van der Waals surface area contributed by atoms with Crippen LogP contribution in [0.1, 0.15) is 17.5 Å². The number of amides is 2. The lowest BCUT2D eigenvalue weighted by Gasteiger charge is -2.14. The number of nitriles is 2. The minimum atomic E-state index is -1.27. The van der Waals surface area contributed by atoms with Gasteiger partial charge in [0, 0.05) is 18.7 Å². The highest BCUT2D eigenvalue weighted by Crippen LogP contribution is 2.14. The van der Waals surface area contributed by atoms with Crippen molar-refractivity contribution in [2.45, 2.75) is 12.5 Å². The molecule has 108 valence electrons. The lowest BCUT2D eigenvalue weighted by Crippen LogP contribution is -2.43. The van der Waals surface area contributed by atoms with Crippen LogP contribution in [-0.4, -0.2) is 34.9 Å². The molecule has 0 fully saturated rings. The molecule has 21 heavy (non-hydrogen) atoms. The Balaban J connectivity index is 2.78. The summed E-state index contributed by atoms with van der Waals surface area (Å²) in [6.07, 6.45) is -0.125. The molecule has 2 amide bonds. The molecule has 4 N–H and O–H groups in total. The van der Waals surface area contributed by atoms with E-state index < -0.39 is 18.0 Å². The number of nitrogens with one attached hydrogen (secondary N) is 2. The van der Waals surface area contributed by atoms with Gasteiger partial charge in [-0.25, -0.2) is 9.59 Å². The summed E-state index contributed by atoms with van der Waals surface area (Å²) in [7, 11) is 0. The van der Waals surface area contributed by atoms with Crippen LogP contribution >= 0.6 is 0 Å². The predicted molar refractivity (Wildman–Crippen MR) is 71.2 cm³/mol. The van der Waals surface area contributed by atoms with Crippen LogP contribution in [0.4, 0.5) is 10.5 Å². The van der Waals surface area contributed by atoms with Gasteiger partial charge in [0.15, 0.2) is 0 Å². The molecule has 0 aliphatic heterocycles. The van der Waals surface area contributed by atoms with Crippen molar-refractivity contribution in [2.75, 3.05) is 11.9 Å². The van der Waals surface area contributed by atoms with E-state index in [0.29, 0.717) is 0 Å². The van der Waals surface area contributed by atoms with Crippen molar-refractivity contribution < 1.29 is 19.8 Å². The molecule has 0 radical (unpaired) electrons. The zero-order chi connectivity index (χ0) is 15.8. The number of urea groups is 1. The molecule has 0 bridgehead atoms. The summed E-state index contributed by atoms with van der Waals surface area (Å²) in [5, 5.41) is 39.7. The number of aliphatic carboxylic acids is 1. The summed E-state index contributed by atoms with van der Waals surface area (Å²) in [4.78, 5) is 22.5. The molecule has 1 aromatic rings. The van der Waals surface area contributed by atoms with Gasteiger partial charge in [0.25, 0.3) is 0 Å². The molecular weight excluding hydrogens is 276 g/mol. The molecule has 1 rings (SSSR count). The van der Waals surface area contributed by atoms with E-state index in [1.165, 1.54) is 18.2 Å². The summed E-state index contributed by atoms with van der Waals surface area (Å²) < 4.78 is 0. The Morgan fingerprint density at radius 1 is 1.24 bits per heavy atom. The van der Waals surface area contributed by atoms with Crippen LogP contribution in [0.25, 0.3) is 0 Å². The number of benzene rings is 1. The molecule has 0 aliphatic carbocycles. The molecule has 1 atom stereocenters. The minimum absolute atomic E-state index is 0.0976. The van der Waals surface area contributed by atoms with Gasteiger partial charge >= 0.3 is 12.0 Å². The Morgan fingerprint density at radius 2 is 1.90 bits per heavy atom. The van der Waals surface area contributed by atoms with Gasteiger partial charge in [-0.05, 0) is 18.2 Å². The fourth-order valence-corrected chi connectivity index (χ4v) is 1.52. The fraction of sp³-hybridized carbons (Fsp3) is 0.231. The van der Waals surface area contributed by atoms with Crippen LogP contribution in [0.2, 0.25) is 0 Å². The van der Waals surface area contributed by atoms with E-state index in [0.717, 1.165) is 0 Å². The summed E-state index contributed by atoms with van der Waals surface area (Å²) in [5.41, 5.74) is 0.517. The van der Waals surface area contributed by atoms with Gasteiger partial charge in [-0.1, -0.05) is 0 Å². The van der Waals surface area contributed by atoms with Crippen LogP contribution in [0.3, 0.4) is 0 Å². The maximum Gasteiger partial charge on any atom is 0.326 e. The molecular formula is C13H12N4O4. The van der Waals surface area contributed by atoms with Crippen molar-refractivity contribution >= 4 is 17.7 Å².